The van der Waals surface area contributed by atoms with Crippen molar-refractivity contribution in [2.75, 3.05) is 0 Å². The second kappa shape index (κ2) is 12.8. The smallest absolute Gasteiger partial charge is 0.167 e. The van der Waals surface area contributed by atoms with Crippen molar-refractivity contribution in [2.24, 2.45) is 0 Å². The van der Waals surface area contributed by atoms with E-state index in [9.17, 15) is 4.39 Å². The summed E-state index contributed by atoms with van der Waals surface area (Å²) in [5.41, 5.74) is 5.75. The monoisotopic (exact) mass is 500 g/mol. The Balaban J connectivity index is 1.43. The van der Waals surface area contributed by atoms with Crippen LogP contribution in [0.25, 0.3) is 22.3 Å². The van der Waals surface area contributed by atoms with Crippen LogP contribution in [0.5, 0.6) is 0 Å². The van der Waals surface area contributed by atoms with Gasteiger partial charge >= 0.3 is 0 Å². The van der Waals surface area contributed by atoms with Gasteiger partial charge in [-0.1, -0.05) is 106 Å². The average Bonchev–Trinajstić information content (AvgIpc) is 2.91. The summed E-state index contributed by atoms with van der Waals surface area (Å²) in [6, 6.07) is 23.9. The molecular weight excluding hydrogens is 465 g/mol. The van der Waals surface area contributed by atoms with Crippen LogP contribution in [0.2, 0.25) is 0 Å². The Morgan fingerprint density at radius 3 is 1.54 bits per heavy atom. The highest BCUT2D eigenvalue weighted by Gasteiger charge is 2.16. The summed E-state index contributed by atoms with van der Waals surface area (Å²) in [6.07, 6.45) is 7.58. The molecule has 0 bridgehead atoms. The van der Waals surface area contributed by atoms with E-state index in [1.807, 2.05) is 48.5 Å². The molecule has 4 aromatic rings. The number of aryl methyl sites for hydroxylation is 4. The summed E-state index contributed by atoms with van der Waals surface area (Å²) in [5.74, 6) is -1.83. The van der Waals surface area contributed by atoms with Crippen molar-refractivity contribution < 1.29 is 13.2 Å². The molecule has 0 N–H and O–H groups in total. The molecule has 192 valence electrons. The molecule has 0 radical (unpaired) electrons. The predicted molar refractivity (Wildman–Crippen MR) is 148 cm³/mol. The van der Waals surface area contributed by atoms with E-state index in [1.165, 1.54) is 5.56 Å². The molecule has 0 unspecified atom stereocenters. The predicted octanol–water partition coefficient (Wildman–Crippen LogP) is 9.91. The van der Waals surface area contributed by atoms with Gasteiger partial charge in [-0.25, -0.2) is 13.2 Å². The molecule has 4 aromatic carbocycles. The van der Waals surface area contributed by atoms with Crippen LogP contribution in [0, 0.1) is 17.5 Å². The van der Waals surface area contributed by atoms with Crippen LogP contribution >= 0.6 is 0 Å². The zero-order chi connectivity index (χ0) is 26.2. The highest BCUT2D eigenvalue weighted by Crippen LogP contribution is 2.32. The van der Waals surface area contributed by atoms with E-state index < -0.39 is 11.6 Å². The third-order valence-electron chi connectivity index (χ3n) is 7.02. The van der Waals surface area contributed by atoms with Gasteiger partial charge in [0, 0.05) is 11.1 Å². The molecule has 0 heterocycles. The van der Waals surface area contributed by atoms with Crippen LogP contribution < -0.4 is 0 Å². The number of hydrogen-bond donors (Lipinski definition) is 0. The zero-order valence-corrected chi connectivity index (χ0v) is 21.8. The Morgan fingerprint density at radius 2 is 1.03 bits per heavy atom. The van der Waals surface area contributed by atoms with Crippen LogP contribution in [0.3, 0.4) is 0 Å². The fraction of sp³-hybridized carbons (Fsp3) is 0.294. The van der Waals surface area contributed by atoms with Gasteiger partial charge in [-0.2, -0.15) is 0 Å². The highest BCUT2D eigenvalue weighted by atomic mass is 19.2. The highest BCUT2D eigenvalue weighted by molar-refractivity contribution is 5.72. The molecule has 4 rings (SSSR count). The Kier molecular flexibility index (Phi) is 9.22. The number of halogens is 3. The van der Waals surface area contributed by atoms with E-state index in [0.29, 0.717) is 29.5 Å². The van der Waals surface area contributed by atoms with E-state index >= 15 is 8.78 Å². The maximum atomic E-state index is 15.1. The molecule has 0 aromatic heterocycles. The lowest BCUT2D eigenvalue weighted by Crippen LogP contribution is -1.97. The Hall–Kier alpha value is -3.33. The topological polar surface area (TPSA) is 0 Å². The molecule has 0 spiro atoms. The maximum absolute atomic E-state index is 15.1. The van der Waals surface area contributed by atoms with Gasteiger partial charge in [-0.05, 0) is 71.6 Å². The van der Waals surface area contributed by atoms with Crippen LogP contribution in [-0.4, -0.2) is 0 Å². The third-order valence-corrected chi connectivity index (χ3v) is 7.02. The van der Waals surface area contributed by atoms with Crippen molar-refractivity contribution in [2.45, 2.75) is 65.2 Å². The second-order valence-electron chi connectivity index (χ2n) is 9.82. The molecule has 0 fully saturated rings. The van der Waals surface area contributed by atoms with Crippen molar-refractivity contribution in [3.63, 3.8) is 0 Å². The summed E-state index contributed by atoms with van der Waals surface area (Å²) in [6.45, 7) is 4.27. The van der Waals surface area contributed by atoms with Gasteiger partial charge in [0.2, 0.25) is 0 Å². The van der Waals surface area contributed by atoms with Gasteiger partial charge < -0.3 is 0 Å². The first kappa shape index (κ1) is 26.7. The Bertz CT molecular complexity index is 1300. The van der Waals surface area contributed by atoms with Gasteiger partial charge in [-0.3, -0.25) is 0 Å². The molecule has 0 amide bonds. The van der Waals surface area contributed by atoms with Gasteiger partial charge in [0.15, 0.2) is 11.6 Å². The van der Waals surface area contributed by atoms with Crippen LogP contribution in [0.15, 0.2) is 78.9 Å². The lowest BCUT2D eigenvalue weighted by molar-refractivity contribution is 0.514. The minimum Gasteiger partial charge on any atom is -0.207 e. The summed E-state index contributed by atoms with van der Waals surface area (Å²) < 4.78 is 44.6. The van der Waals surface area contributed by atoms with Crippen molar-refractivity contribution in [1.82, 2.24) is 0 Å². The van der Waals surface area contributed by atoms with E-state index in [4.69, 9.17) is 0 Å². The van der Waals surface area contributed by atoms with Crippen molar-refractivity contribution in [3.05, 3.63) is 119 Å². The van der Waals surface area contributed by atoms with Crippen molar-refractivity contribution >= 4 is 0 Å². The molecular formula is C34H35F3. The minimum absolute atomic E-state index is 0.150. The Labute approximate surface area is 219 Å². The third kappa shape index (κ3) is 6.71. The maximum Gasteiger partial charge on any atom is 0.167 e. The lowest BCUT2D eigenvalue weighted by atomic mass is 9.96. The molecule has 0 saturated heterocycles. The molecule has 0 aliphatic rings. The van der Waals surface area contributed by atoms with Crippen molar-refractivity contribution in [1.29, 1.82) is 0 Å². The van der Waals surface area contributed by atoms with E-state index in [1.54, 1.807) is 30.3 Å². The van der Waals surface area contributed by atoms with Crippen LogP contribution in [0.1, 0.15) is 61.8 Å². The largest absolute Gasteiger partial charge is 0.207 e. The number of rotatable bonds is 11. The molecule has 0 saturated carbocycles. The summed E-state index contributed by atoms with van der Waals surface area (Å²) >= 11 is 0. The van der Waals surface area contributed by atoms with E-state index in [0.717, 1.165) is 49.7 Å². The standard InChI is InChI=1S/C34H35F3/c1-3-5-6-8-26-14-20-29(32(35)23-26)19-13-25-11-17-28(18-12-25)31-22-21-30(33(36)34(31)37)27-15-9-24(7-4-2)10-16-27/h9-12,14-18,20-23H,3-8,13,19H2,1-2H3. The molecule has 37 heavy (non-hydrogen) atoms. The average molecular weight is 501 g/mol. The normalized spacial score (nSPS) is 11.2. The zero-order valence-electron chi connectivity index (χ0n) is 21.8. The Morgan fingerprint density at radius 1 is 0.486 bits per heavy atom. The van der Waals surface area contributed by atoms with Gasteiger partial charge in [0.25, 0.3) is 0 Å². The first-order chi connectivity index (χ1) is 18.0. The number of unbranched alkanes of at least 4 members (excludes halogenated alkanes) is 2. The molecule has 3 heteroatoms. The number of benzene rings is 4. The SMILES string of the molecule is CCCCCc1ccc(CCc2ccc(-c3ccc(-c4ccc(CCC)cc4)c(F)c3F)cc2)c(F)c1. The number of hydrogen-bond acceptors (Lipinski definition) is 0. The van der Waals surface area contributed by atoms with E-state index in [-0.39, 0.29) is 16.9 Å². The van der Waals surface area contributed by atoms with Gasteiger partial charge in [0.05, 0.1) is 0 Å². The summed E-state index contributed by atoms with van der Waals surface area (Å²) in [7, 11) is 0. The summed E-state index contributed by atoms with van der Waals surface area (Å²) in [4.78, 5) is 0. The molecule has 0 atom stereocenters. The van der Waals surface area contributed by atoms with E-state index in [2.05, 4.69) is 13.8 Å². The van der Waals surface area contributed by atoms with Gasteiger partial charge in [-0.15, -0.1) is 0 Å². The second-order valence-corrected chi connectivity index (χ2v) is 9.82. The summed E-state index contributed by atoms with van der Waals surface area (Å²) in [5, 5.41) is 0. The van der Waals surface area contributed by atoms with Crippen molar-refractivity contribution in [3.8, 4) is 22.3 Å². The molecule has 0 aliphatic heterocycles. The quantitative estimate of drug-likeness (QED) is 0.180. The van der Waals surface area contributed by atoms with Crippen LogP contribution in [-0.2, 0) is 25.7 Å². The fourth-order valence-corrected chi connectivity index (χ4v) is 4.79. The minimum atomic E-state index is -0.844. The lowest BCUT2D eigenvalue weighted by Gasteiger charge is -2.11. The first-order valence-corrected chi connectivity index (χ1v) is 13.4. The fourth-order valence-electron chi connectivity index (χ4n) is 4.79. The molecule has 0 aliphatic carbocycles. The van der Waals surface area contributed by atoms with Gasteiger partial charge in [0.1, 0.15) is 5.82 Å². The first-order valence-electron chi connectivity index (χ1n) is 13.4. The van der Waals surface area contributed by atoms with Crippen LogP contribution in [0.4, 0.5) is 13.2 Å². The molecule has 0 nitrogen and oxygen atoms in total.